The van der Waals surface area contributed by atoms with Gasteiger partial charge in [-0.05, 0) is 0 Å². The minimum atomic E-state index is 0.983. The number of aryl methyl sites for hydroxylation is 1. The van der Waals surface area contributed by atoms with Gasteiger partial charge in [0, 0.05) is 0 Å². The molecule has 0 aliphatic heterocycles. The van der Waals surface area contributed by atoms with Crippen LogP contribution in [0, 0.1) is 6.92 Å². The van der Waals surface area contributed by atoms with Gasteiger partial charge in [0.25, 0.3) is 0 Å². The van der Waals surface area contributed by atoms with E-state index in [0.29, 0.717) is 0 Å². The van der Waals surface area contributed by atoms with Crippen molar-refractivity contribution in [2.24, 2.45) is 0 Å². The quantitative estimate of drug-likeness (QED) is 0.545. The van der Waals surface area contributed by atoms with Gasteiger partial charge in [-0.3, -0.25) is 0 Å². The Morgan fingerprint density at radius 2 is 2.12 bits per heavy atom. The van der Waals surface area contributed by atoms with Crippen LogP contribution in [0.15, 0.2) is 12.4 Å². The van der Waals surface area contributed by atoms with Gasteiger partial charge < -0.3 is 0 Å². The fraction of sp³-hybridized carbons (Fsp3) is 0.200. The summed E-state index contributed by atoms with van der Waals surface area (Å²) in [6.45, 7) is 1.93. The number of aromatic nitrogens is 2. The van der Waals surface area contributed by atoms with Crippen LogP contribution in [-0.2, 0) is 0 Å². The van der Waals surface area contributed by atoms with Crippen molar-refractivity contribution in [2.45, 2.75) is 6.92 Å². The molecule has 1 aromatic rings. The summed E-state index contributed by atoms with van der Waals surface area (Å²) in [4.78, 5) is 8.09. The summed E-state index contributed by atoms with van der Waals surface area (Å²) in [5.41, 5.74) is 0.983. The van der Waals surface area contributed by atoms with Crippen LogP contribution in [0.5, 0.6) is 0 Å². The molecule has 0 amide bonds. The van der Waals surface area contributed by atoms with Crippen molar-refractivity contribution in [3.05, 3.63) is 18.1 Å². The molecule has 0 unspecified atom stereocenters. The van der Waals surface area contributed by atoms with Crippen LogP contribution in [0.3, 0.4) is 0 Å². The molecule has 1 aromatic heterocycles. The average Bonchev–Trinajstić information content (AvgIpc) is 1.77. The summed E-state index contributed by atoms with van der Waals surface area (Å²) in [5.74, 6) is 0. The monoisotopic (exact) mass is 213 g/mol. The predicted octanol–water partition coefficient (Wildman–Crippen LogP) is -0.421. The molecule has 0 fully saturated rings. The van der Waals surface area contributed by atoms with Gasteiger partial charge in [0.05, 0.1) is 0 Å². The Bertz CT molecular complexity index is 149. The SMILES string of the molecule is Cc1cn[c]([Sn])cn1. The van der Waals surface area contributed by atoms with E-state index < -0.39 is 0 Å². The Morgan fingerprint density at radius 3 is 2.50 bits per heavy atom. The Labute approximate surface area is 61.4 Å². The van der Waals surface area contributed by atoms with E-state index in [4.69, 9.17) is 0 Å². The second-order valence-electron chi connectivity index (χ2n) is 1.54. The van der Waals surface area contributed by atoms with Gasteiger partial charge >= 0.3 is 61.2 Å². The topological polar surface area (TPSA) is 25.8 Å². The maximum atomic E-state index is 4.06. The molecule has 0 N–H and O–H groups in total. The van der Waals surface area contributed by atoms with Crippen LogP contribution < -0.4 is 3.71 Å². The number of hydrogen-bond donors (Lipinski definition) is 0. The van der Waals surface area contributed by atoms with Crippen LogP contribution in [0.1, 0.15) is 5.69 Å². The molecule has 1 rings (SSSR count). The van der Waals surface area contributed by atoms with Gasteiger partial charge in [-0.2, -0.15) is 0 Å². The molecule has 0 atom stereocenters. The zero-order valence-electron chi connectivity index (χ0n) is 4.55. The molecule has 0 saturated heterocycles. The van der Waals surface area contributed by atoms with Gasteiger partial charge in [-0.25, -0.2) is 0 Å². The molecule has 2 nitrogen and oxygen atoms in total. The maximum absolute atomic E-state index is 4.06. The molecule has 3 heteroatoms. The van der Waals surface area contributed by atoms with Crippen LogP contribution >= 0.6 is 0 Å². The molecular weight excluding hydrogens is 207 g/mol. The van der Waals surface area contributed by atoms with Crippen LogP contribution in [-0.4, -0.2) is 32.5 Å². The molecule has 0 saturated carbocycles. The molecule has 3 radical (unpaired) electrons. The summed E-state index contributed by atoms with van der Waals surface area (Å²) >= 11 is 1.32. The first-order valence-electron chi connectivity index (χ1n) is 2.29. The van der Waals surface area contributed by atoms with Crippen molar-refractivity contribution >= 4 is 26.2 Å². The van der Waals surface area contributed by atoms with Crippen molar-refractivity contribution in [1.29, 1.82) is 0 Å². The molecular formula is C5H5N2Sn. The first-order chi connectivity index (χ1) is 3.79. The molecule has 0 spiro atoms. The summed E-state index contributed by atoms with van der Waals surface area (Å²) in [6.07, 6.45) is 3.58. The van der Waals surface area contributed by atoms with E-state index in [2.05, 4.69) is 9.97 Å². The second-order valence-corrected chi connectivity index (χ2v) is 3.01. The second kappa shape index (κ2) is 2.44. The standard InChI is InChI=1S/C5H5N2.Sn/c1-5-4-6-2-3-7-5;/h3-4H,1H3;. The first kappa shape index (κ1) is 6.01. The Kier molecular flexibility index (Phi) is 1.83. The number of nitrogens with zero attached hydrogens (tertiary/aromatic N) is 2. The van der Waals surface area contributed by atoms with Crippen LogP contribution in [0.4, 0.5) is 0 Å². The normalized spacial score (nSPS) is 9.25. The Hall–Kier alpha value is -0.121. The van der Waals surface area contributed by atoms with Gasteiger partial charge in [-0.15, -0.1) is 0 Å². The molecule has 0 aliphatic rings. The van der Waals surface area contributed by atoms with Crippen molar-refractivity contribution in [2.75, 3.05) is 0 Å². The van der Waals surface area contributed by atoms with Gasteiger partial charge in [0.15, 0.2) is 0 Å². The molecule has 0 bridgehead atoms. The summed E-state index contributed by atoms with van der Waals surface area (Å²) in [6, 6.07) is 0. The Balaban J connectivity index is 3.03. The summed E-state index contributed by atoms with van der Waals surface area (Å²) in [7, 11) is 0. The van der Waals surface area contributed by atoms with Crippen molar-refractivity contribution in [3.8, 4) is 0 Å². The van der Waals surface area contributed by atoms with E-state index in [9.17, 15) is 0 Å². The predicted molar refractivity (Wildman–Crippen MR) is 32.2 cm³/mol. The third-order valence-electron chi connectivity index (χ3n) is 0.781. The molecule has 0 aromatic carbocycles. The van der Waals surface area contributed by atoms with E-state index >= 15 is 0 Å². The zero-order valence-corrected chi connectivity index (χ0v) is 7.40. The van der Waals surface area contributed by atoms with E-state index in [1.165, 1.54) is 22.5 Å². The third-order valence-corrected chi connectivity index (χ3v) is 1.52. The molecule has 0 aliphatic carbocycles. The van der Waals surface area contributed by atoms with E-state index in [0.717, 1.165) is 9.40 Å². The fourth-order valence-corrected chi connectivity index (χ4v) is 0.761. The molecule has 8 heavy (non-hydrogen) atoms. The Morgan fingerprint density at radius 1 is 1.38 bits per heavy atom. The van der Waals surface area contributed by atoms with Gasteiger partial charge in [0.2, 0.25) is 0 Å². The van der Waals surface area contributed by atoms with Crippen molar-refractivity contribution in [3.63, 3.8) is 0 Å². The van der Waals surface area contributed by atoms with Gasteiger partial charge in [-0.1, -0.05) is 0 Å². The van der Waals surface area contributed by atoms with Crippen LogP contribution in [0.25, 0.3) is 0 Å². The van der Waals surface area contributed by atoms with Crippen molar-refractivity contribution in [1.82, 2.24) is 9.97 Å². The number of rotatable bonds is 0. The van der Waals surface area contributed by atoms with Crippen LogP contribution in [0.2, 0.25) is 0 Å². The number of hydrogen-bond acceptors (Lipinski definition) is 2. The molecule has 1 heterocycles. The summed E-state index contributed by atoms with van der Waals surface area (Å²) in [5, 5.41) is 0. The third kappa shape index (κ3) is 1.43. The average molecular weight is 212 g/mol. The van der Waals surface area contributed by atoms with Gasteiger partial charge in [0.1, 0.15) is 0 Å². The summed E-state index contributed by atoms with van der Waals surface area (Å²) < 4.78 is 1.06. The fourth-order valence-electron chi connectivity index (χ4n) is 0.393. The first-order valence-corrected chi connectivity index (χ1v) is 3.72. The van der Waals surface area contributed by atoms with E-state index in [1.807, 2.05) is 6.92 Å². The minimum absolute atomic E-state index is 0.983. The van der Waals surface area contributed by atoms with E-state index in [-0.39, 0.29) is 0 Å². The van der Waals surface area contributed by atoms with Crippen molar-refractivity contribution < 1.29 is 0 Å². The zero-order chi connectivity index (χ0) is 5.98. The molecule has 39 valence electrons. The van der Waals surface area contributed by atoms with E-state index in [1.54, 1.807) is 12.4 Å².